The molecule has 12 heavy (non-hydrogen) atoms. The number of aromatic amines is 1. The molecule has 0 aromatic carbocycles. The Kier molecular flexibility index (Phi) is 3.15. The molecule has 1 heteroatoms. The largest absolute Gasteiger partial charge is 0.361 e. The normalized spacial score (nSPS) is 15.1. The molecule has 0 fully saturated rings. The first-order valence-corrected chi connectivity index (χ1v) is 4.59. The summed E-state index contributed by atoms with van der Waals surface area (Å²) < 4.78 is 0. The van der Waals surface area contributed by atoms with E-state index >= 15 is 0 Å². The first kappa shape index (κ1) is 9.11. The van der Waals surface area contributed by atoms with E-state index in [4.69, 9.17) is 0 Å². The Morgan fingerprint density at radius 1 is 1.58 bits per heavy atom. The fraction of sp³-hybridized carbons (Fsp3) is 0.455. The van der Waals surface area contributed by atoms with Gasteiger partial charge in [-0.25, -0.2) is 0 Å². The first-order chi connectivity index (χ1) is 5.79. The second-order valence-corrected chi connectivity index (χ2v) is 3.12. The van der Waals surface area contributed by atoms with Crippen LogP contribution in [0.15, 0.2) is 12.3 Å². The van der Waals surface area contributed by atoms with Crippen molar-refractivity contribution in [1.29, 1.82) is 0 Å². The summed E-state index contributed by atoms with van der Waals surface area (Å²) in [5.74, 6) is 0. The molecule has 0 radical (unpaired) electrons. The highest BCUT2D eigenvalue weighted by molar-refractivity contribution is 5.42. The lowest BCUT2D eigenvalue weighted by atomic mass is 10.1. The van der Waals surface area contributed by atoms with Gasteiger partial charge in [0.15, 0.2) is 0 Å². The third kappa shape index (κ3) is 1.79. The third-order valence-electron chi connectivity index (χ3n) is 2.15. The summed E-state index contributed by atoms with van der Waals surface area (Å²) in [5, 5.41) is 2.63. The van der Waals surface area contributed by atoms with Crippen molar-refractivity contribution in [1.82, 2.24) is 4.98 Å². The monoisotopic (exact) mass is 163 g/mol. The zero-order valence-corrected chi connectivity index (χ0v) is 8.15. The van der Waals surface area contributed by atoms with Crippen LogP contribution in [0.4, 0.5) is 0 Å². The molecule has 0 atom stereocenters. The molecule has 0 bridgehead atoms. The second kappa shape index (κ2) is 4.15. The van der Waals surface area contributed by atoms with E-state index in [-0.39, 0.29) is 0 Å². The molecule has 0 saturated heterocycles. The van der Waals surface area contributed by atoms with Gasteiger partial charge in [0.05, 0.1) is 0 Å². The Hall–Kier alpha value is -0.980. The number of hydrogen-bond acceptors (Lipinski definition) is 0. The van der Waals surface area contributed by atoms with Gasteiger partial charge in [0.1, 0.15) is 0 Å². The lowest BCUT2D eigenvalue weighted by Gasteiger charge is -1.94. The van der Waals surface area contributed by atoms with Gasteiger partial charge < -0.3 is 4.98 Å². The van der Waals surface area contributed by atoms with Gasteiger partial charge in [-0.15, -0.1) is 0 Å². The zero-order chi connectivity index (χ0) is 8.97. The van der Waals surface area contributed by atoms with E-state index in [1.807, 2.05) is 6.20 Å². The predicted octanol–water partition coefficient (Wildman–Crippen LogP) is 1.79. The molecule has 0 amide bonds. The predicted molar refractivity (Wildman–Crippen MR) is 54.2 cm³/mol. The van der Waals surface area contributed by atoms with E-state index in [0.717, 1.165) is 0 Å². The van der Waals surface area contributed by atoms with E-state index in [1.165, 1.54) is 29.0 Å². The van der Waals surface area contributed by atoms with Gasteiger partial charge in [-0.1, -0.05) is 25.0 Å². The molecule has 1 nitrogen and oxygen atoms in total. The molecule has 1 heterocycles. The summed E-state index contributed by atoms with van der Waals surface area (Å²) in [4.78, 5) is 3.22. The van der Waals surface area contributed by atoms with Crippen LogP contribution in [-0.4, -0.2) is 4.98 Å². The van der Waals surface area contributed by atoms with E-state index in [0.29, 0.717) is 0 Å². The summed E-state index contributed by atoms with van der Waals surface area (Å²) in [6, 6.07) is 2.15. The van der Waals surface area contributed by atoms with Crippen LogP contribution >= 0.6 is 0 Å². The minimum atomic E-state index is 1.19. The molecule has 1 rings (SSSR count). The van der Waals surface area contributed by atoms with Crippen molar-refractivity contribution in [2.75, 3.05) is 0 Å². The fourth-order valence-corrected chi connectivity index (χ4v) is 1.50. The van der Waals surface area contributed by atoms with Crippen molar-refractivity contribution < 1.29 is 0 Å². The highest BCUT2D eigenvalue weighted by Crippen LogP contribution is 1.99. The summed E-state index contributed by atoms with van der Waals surface area (Å²) in [7, 11) is 0. The average Bonchev–Trinajstić information content (AvgIpc) is 2.51. The Bertz CT molecular complexity index is 343. The average molecular weight is 163 g/mol. The molecule has 0 spiro atoms. The topological polar surface area (TPSA) is 15.8 Å². The number of aromatic nitrogens is 1. The highest BCUT2D eigenvalue weighted by Gasteiger charge is 1.91. The van der Waals surface area contributed by atoms with E-state index in [1.54, 1.807) is 0 Å². The zero-order valence-electron chi connectivity index (χ0n) is 8.15. The quantitative estimate of drug-likeness (QED) is 0.684. The Morgan fingerprint density at radius 2 is 2.33 bits per heavy atom. The Balaban J connectivity index is 3.24. The van der Waals surface area contributed by atoms with Gasteiger partial charge in [-0.3, -0.25) is 0 Å². The molecule has 0 aliphatic carbocycles. The minimum Gasteiger partial charge on any atom is -0.361 e. The van der Waals surface area contributed by atoms with E-state index in [9.17, 15) is 0 Å². The maximum absolute atomic E-state index is 3.22. The van der Waals surface area contributed by atoms with Crippen molar-refractivity contribution in [3.8, 4) is 0 Å². The summed E-state index contributed by atoms with van der Waals surface area (Å²) in [6.45, 7) is 6.49. The molecule has 0 unspecified atom stereocenters. The van der Waals surface area contributed by atoms with Gasteiger partial charge >= 0.3 is 0 Å². The van der Waals surface area contributed by atoms with Crippen LogP contribution in [0.2, 0.25) is 0 Å². The van der Waals surface area contributed by atoms with Crippen molar-refractivity contribution >= 4 is 11.6 Å². The smallest absolute Gasteiger partial charge is 0.0410 e. The van der Waals surface area contributed by atoms with Gasteiger partial charge in [0, 0.05) is 11.5 Å². The Labute approximate surface area is 73.8 Å². The second-order valence-electron chi connectivity index (χ2n) is 3.12. The number of hydrogen-bond donors (Lipinski definition) is 1. The molecule has 0 aliphatic rings. The van der Waals surface area contributed by atoms with Crippen molar-refractivity contribution in [3.63, 3.8) is 0 Å². The molecule has 0 aliphatic heterocycles. The van der Waals surface area contributed by atoms with Gasteiger partial charge in [-0.05, 0) is 31.6 Å². The van der Waals surface area contributed by atoms with Crippen LogP contribution in [0.3, 0.4) is 0 Å². The van der Waals surface area contributed by atoms with Crippen molar-refractivity contribution in [2.45, 2.75) is 33.6 Å². The molecular formula is C11H17N. The van der Waals surface area contributed by atoms with Crippen LogP contribution in [-0.2, 0) is 0 Å². The summed E-state index contributed by atoms with van der Waals surface area (Å²) >= 11 is 0. The number of H-pyrrole nitrogens is 1. The highest BCUT2D eigenvalue weighted by atomic mass is 14.6. The van der Waals surface area contributed by atoms with Gasteiger partial charge in [0.2, 0.25) is 0 Å². The molecular weight excluding hydrogens is 146 g/mol. The van der Waals surface area contributed by atoms with Crippen LogP contribution in [0.25, 0.3) is 11.6 Å². The van der Waals surface area contributed by atoms with Crippen LogP contribution in [0.5, 0.6) is 0 Å². The number of nitrogens with one attached hydrogen (secondary N) is 1. The fourth-order valence-electron chi connectivity index (χ4n) is 1.50. The SMILES string of the molecule is C/C=c1\[nH]cc\c1=C(/C)CCC. The van der Waals surface area contributed by atoms with Crippen LogP contribution in [0, 0.1) is 0 Å². The molecule has 1 aromatic rings. The maximum Gasteiger partial charge on any atom is 0.0410 e. The summed E-state index contributed by atoms with van der Waals surface area (Å²) in [6.07, 6.45) is 6.54. The molecule has 0 saturated carbocycles. The summed E-state index contributed by atoms with van der Waals surface area (Å²) in [5.41, 5.74) is 1.48. The Morgan fingerprint density at radius 3 is 2.92 bits per heavy atom. The lowest BCUT2D eigenvalue weighted by molar-refractivity contribution is 0.961. The molecule has 1 N–H and O–H groups in total. The van der Waals surface area contributed by atoms with Crippen LogP contribution in [0.1, 0.15) is 33.6 Å². The standard InChI is InChI=1S/C11H17N/c1-4-6-9(3)10-7-8-12-11(10)5-2/h5,7-8,12H,4,6H2,1-3H3/b10-9-,11-5-. The van der Waals surface area contributed by atoms with Gasteiger partial charge in [-0.2, -0.15) is 0 Å². The van der Waals surface area contributed by atoms with Crippen molar-refractivity contribution in [2.24, 2.45) is 0 Å². The van der Waals surface area contributed by atoms with E-state index in [2.05, 4.69) is 37.9 Å². The maximum atomic E-state index is 3.22. The minimum absolute atomic E-state index is 1.19. The van der Waals surface area contributed by atoms with E-state index < -0.39 is 0 Å². The van der Waals surface area contributed by atoms with Gasteiger partial charge in [0.25, 0.3) is 0 Å². The lowest BCUT2D eigenvalue weighted by Crippen LogP contribution is -2.23. The number of rotatable bonds is 2. The third-order valence-corrected chi connectivity index (χ3v) is 2.15. The molecule has 66 valence electrons. The van der Waals surface area contributed by atoms with Crippen LogP contribution < -0.4 is 10.6 Å². The van der Waals surface area contributed by atoms with Crippen molar-refractivity contribution in [3.05, 3.63) is 22.8 Å². The molecule has 1 aromatic heterocycles. The first-order valence-electron chi connectivity index (χ1n) is 4.59.